The average molecular weight is 293 g/mol. The van der Waals surface area contributed by atoms with Crippen LogP contribution in [0.5, 0.6) is 0 Å². The summed E-state index contributed by atoms with van der Waals surface area (Å²) in [5.41, 5.74) is 0.766. The molecule has 0 fully saturated rings. The van der Waals surface area contributed by atoms with Crippen LogP contribution in [0.4, 0.5) is 0 Å². The first kappa shape index (κ1) is 14.8. The van der Waals surface area contributed by atoms with Gasteiger partial charge in [0.25, 0.3) is 5.91 Å². The molecule has 0 saturated carbocycles. The van der Waals surface area contributed by atoms with Gasteiger partial charge in [0.2, 0.25) is 0 Å². The Morgan fingerprint density at radius 2 is 2.10 bits per heavy atom. The zero-order valence-electron chi connectivity index (χ0n) is 11.7. The van der Waals surface area contributed by atoms with Gasteiger partial charge in [-0.05, 0) is 26.0 Å². The standard InChI is InChI=1S/C15H17ClN2O2/c1-15(2,9-20-3)18-14(19)11-8-13(16)17-12-7-5-4-6-10(11)12/h4-8H,9H2,1-3H3,(H,18,19). The monoisotopic (exact) mass is 292 g/mol. The van der Waals surface area contributed by atoms with Crippen LogP contribution in [0.3, 0.4) is 0 Å². The topological polar surface area (TPSA) is 51.2 Å². The van der Waals surface area contributed by atoms with Crippen molar-refractivity contribution >= 4 is 28.4 Å². The zero-order chi connectivity index (χ0) is 14.8. The minimum Gasteiger partial charge on any atom is -0.382 e. The van der Waals surface area contributed by atoms with Crippen LogP contribution in [0, 0.1) is 0 Å². The number of rotatable bonds is 4. The van der Waals surface area contributed by atoms with Crippen LogP contribution in [0.2, 0.25) is 5.15 Å². The van der Waals surface area contributed by atoms with Gasteiger partial charge in [-0.15, -0.1) is 0 Å². The molecule has 1 heterocycles. The number of halogens is 1. The van der Waals surface area contributed by atoms with Crippen molar-refractivity contribution in [1.82, 2.24) is 10.3 Å². The Bertz CT molecular complexity index is 641. The van der Waals surface area contributed by atoms with Crippen LogP contribution in [-0.4, -0.2) is 30.1 Å². The fraction of sp³-hybridized carbons (Fsp3) is 0.333. The van der Waals surface area contributed by atoms with Crippen LogP contribution in [0.15, 0.2) is 30.3 Å². The average Bonchev–Trinajstić information content (AvgIpc) is 2.36. The molecule has 0 saturated heterocycles. The van der Waals surface area contributed by atoms with Crippen molar-refractivity contribution in [2.24, 2.45) is 0 Å². The highest BCUT2D eigenvalue weighted by atomic mass is 35.5. The van der Waals surface area contributed by atoms with E-state index in [0.717, 1.165) is 5.39 Å². The van der Waals surface area contributed by atoms with E-state index in [1.165, 1.54) is 0 Å². The van der Waals surface area contributed by atoms with E-state index in [1.54, 1.807) is 13.2 Å². The van der Waals surface area contributed by atoms with E-state index in [4.69, 9.17) is 16.3 Å². The number of nitrogens with one attached hydrogen (secondary N) is 1. The molecule has 0 radical (unpaired) electrons. The summed E-state index contributed by atoms with van der Waals surface area (Å²) in [7, 11) is 1.60. The molecule has 2 rings (SSSR count). The van der Waals surface area contributed by atoms with E-state index < -0.39 is 5.54 Å². The van der Waals surface area contributed by atoms with Crippen molar-refractivity contribution in [1.29, 1.82) is 0 Å². The third-order valence-electron chi connectivity index (χ3n) is 2.89. The second-order valence-electron chi connectivity index (χ2n) is 5.28. The van der Waals surface area contributed by atoms with E-state index in [2.05, 4.69) is 10.3 Å². The third kappa shape index (κ3) is 3.26. The Hall–Kier alpha value is -1.65. The lowest BCUT2D eigenvalue weighted by molar-refractivity contribution is 0.0821. The quantitative estimate of drug-likeness (QED) is 0.881. The molecule has 1 aromatic carbocycles. The van der Waals surface area contributed by atoms with Gasteiger partial charge in [0.15, 0.2) is 0 Å². The maximum Gasteiger partial charge on any atom is 0.252 e. The van der Waals surface area contributed by atoms with Crippen LogP contribution < -0.4 is 5.32 Å². The van der Waals surface area contributed by atoms with Crippen LogP contribution in [0.25, 0.3) is 10.9 Å². The molecule has 106 valence electrons. The Kier molecular flexibility index (Phi) is 4.26. The number of pyridine rings is 1. The largest absolute Gasteiger partial charge is 0.382 e. The maximum absolute atomic E-state index is 12.4. The van der Waals surface area contributed by atoms with Gasteiger partial charge in [-0.3, -0.25) is 4.79 Å². The lowest BCUT2D eigenvalue weighted by Crippen LogP contribution is -2.46. The molecule has 0 aliphatic carbocycles. The first-order valence-electron chi connectivity index (χ1n) is 6.30. The minimum absolute atomic E-state index is 0.187. The van der Waals surface area contributed by atoms with E-state index in [0.29, 0.717) is 22.8 Å². The van der Waals surface area contributed by atoms with Gasteiger partial charge in [-0.1, -0.05) is 29.8 Å². The van der Waals surface area contributed by atoms with Crippen molar-refractivity contribution < 1.29 is 9.53 Å². The normalized spacial score (nSPS) is 11.6. The highest BCUT2D eigenvalue weighted by Crippen LogP contribution is 2.21. The van der Waals surface area contributed by atoms with E-state index in [-0.39, 0.29) is 5.91 Å². The van der Waals surface area contributed by atoms with E-state index in [1.807, 2.05) is 38.1 Å². The number of nitrogens with zero attached hydrogens (tertiary/aromatic N) is 1. The molecule has 1 aromatic heterocycles. The Morgan fingerprint density at radius 1 is 1.40 bits per heavy atom. The summed E-state index contributed by atoms with van der Waals surface area (Å²) in [6.07, 6.45) is 0. The number of hydrogen-bond donors (Lipinski definition) is 1. The highest BCUT2D eigenvalue weighted by molar-refractivity contribution is 6.30. The van der Waals surface area contributed by atoms with Crippen LogP contribution >= 0.6 is 11.6 Å². The summed E-state index contributed by atoms with van der Waals surface area (Å²) in [6, 6.07) is 9.01. The maximum atomic E-state index is 12.4. The molecule has 0 aliphatic rings. The van der Waals surface area contributed by atoms with Gasteiger partial charge >= 0.3 is 0 Å². The van der Waals surface area contributed by atoms with E-state index >= 15 is 0 Å². The molecule has 20 heavy (non-hydrogen) atoms. The molecular formula is C15H17ClN2O2. The fourth-order valence-corrected chi connectivity index (χ4v) is 2.30. The molecule has 0 unspecified atom stereocenters. The number of carbonyl (C=O) groups is 1. The van der Waals surface area contributed by atoms with Gasteiger partial charge in [-0.2, -0.15) is 0 Å². The third-order valence-corrected chi connectivity index (χ3v) is 3.08. The number of hydrogen-bond acceptors (Lipinski definition) is 3. The lowest BCUT2D eigenvalue weighted by atomic mass is 10.0. The number of methoxy groups -OCH3 is 1. The predicted molar refractivity (Wildman–Crippen MR) is 80.2 cm³/mol. The summed E-state index contributed by atoms with van der Waals surface area (Å²) >= 11 is 5.98. The first-order valence-corrected chi connectivity index (χ1v) is 6.67. The van der Waals surface area contributed by atoms with Gasteiger partial charge in [-0.25, -0.2) is 4.98 Å². The number of ether oxygens (including phenoxy) is 1. The predicted octanol–water partition coefficient (Wildman–Crippen LogP) is 3.04. The lowest BCUT2D eigenvalue weighted by Gasteiger charge is -2.25. The molecular weight excluding hydrogens is 276 g/mol. The molecule has 1 N–H and O–H groups in total. The number of carbonyl (C=O) groups excluding carboxylic acids is 1. The van der Waals surface area contributed by atoms with Gasteiger partial charge in [0.05, 0.1) is 23.2 Å². The number of aromatic nitrogens is 1. The van der Waals surface area contributed by atoms with Crippen molar-refractivity contribution in [3.8, 4) is 0 Å². The number of benzene rings is 1. The zero-order valence-corrected chi connectivity index (χ0v) is 12.5. The van der Waals surface area contributed by atoms with Gasteiger partial charge in [0, 0.05) is 12.5 Å². The minimum atomic E-state index is -0.456. The van der Waals surface area contributed by atoms with Crippen molar-refractivity contribution in [3.63, 3.8) is 0 Å². The number of fused-ring (bicyclic) bond motifs is 1. The Morgan fingerprint density at radius 3 is 2.80 bits per heavy atom. The summed E-state index contributed by atoms with van der Waals surface area (Å²) in [4.78, 5) is 16.7. The molecule has 4 nitrogen and oxygen atoms in total. The van der Waals surface area contributed by atoms with E-state index in [9.17, 15) is 4.79 Å². The fourth-order valence-electron chi connectivity index (χ4n) is 2.10. The molecule has 2 aromatic rings. The second-order valence-corrected chi connectivity index (χ2v) is 5.67. The highest BCUT2D eigenvalue weighted by Gasteiger charge is 2.22. The summed E-state index contributed by atoms with van der Waals surface area (Å²) in [5, 5.41) is 4.03. The van der Waals surface area contributed by atoms with Crippen LogP contribution in [0.1, 0.15) is 24.2 Å². The molecule has 0 bridgehead atoms. The summed E-state index contributed by atoms with van der Waals surface area (Å²) in [5.74, 6) is -0.187. The van der Waals surface area contributed by atoms with Gasteiger partial charge in [0.1, 0.15) is 5.15 Å². The van der Waals surface area contributed by atoms with Gasteiger partial charge < -0.3 is 10.1 Å². The Labute approximate surface area is 123 Å². The number of amides is 1. The second kappa shape index (κ2) is 5.77. The SMILES string of the molecule is COCC(C)(C)NC(=O)c1cc(Cl)nc2ccccc12. The Balaban J connectivity index is 2.39. The first-order chi connectivity index (χ1) is 9.43. The molecule has 0 atom stereocenters. The van der Waals surface area contributed by atoms with Crippen LogP contribution in [-0.2, 0) is 4.74 Å². The van der Waals surface area contributed by atoms with Crippen molar-refractivity contribution in [2.45, 2.75) is 19.4 Å². The van der Waals surface area contributed by atoms with Crippen molar-refractivity contribution in [3.05, 3.63) is 41.0 Å². The summed E-state index contributed by atoms with van der Waals surface area (Å²) < 4.78 is 5.10. The molecule has 5 heteroatoms. The molecule has 0 spiro atoms. The van der Waals surface area contributed by atoms with Crippen molar-refractivity contribution in [2.75, 3.05) is 13.7 Å². The smallest absolute Gasteiger partial charge is 0.252 e. The molecule has 0 aliphatic heterocycles. The summed E-state index contributed by atoms with van der Waals surface area (Å²) in [6.45, 7) is 4.23. The molecule has 1 amide bonds. The number of para-hydroxylation sites is 1.